The van der Waals surface area contributed by atoms with Crippen LogP contribution in [0.15, 0.2) is 0 Å². The van der Waals surface area contributed by atoms with Crippen molar-refractivity contribution in [1.82, 2.24) is 0 Å². The van der Waals surface area contributed by atoms with Gasteiger partial charge in [-0.25, -0.2) is 0 Å². The summed E-state index contributed by atoms with van der Waals surface area (Å²) in [5.41, 5.74) is 0.461. The Balaban J connectivity index is 3.14. The minimum Gasteiger partial charge on any atom is -0.105 e. The van der Waals surface area contributed by atoms with Crippen molar-refractivity contribution in [2.75, 3.05) is 0 Å². The normalized spacial score (nSPS) is 15.4. The predicted octanol–water partition coefficient (Wildman–Crippen LogP) is 1.17. The molecule has 0 heterocycles. The molecule has 0 amide bonds. The second-order valence-corrected chi connectivity index (χ2v) is 4.25. The van der Waals surface area contributed by atoms with Crippen LogP contribution in [0.25, 0.3) is 0 Å². The average molecular weight is 156 g/mol. The maximum Gasteiger partial charge on any atom is 0.107 e. The zero-order valence-electron chi connectivity index (χ0n) is 4.32. The van der Waals surface area contributed by atoms with Gasteiger partial charge in [0.05, 0.1) is 0 Å². The quantitative estimate of drug-likeness (QED) is 0.416. The standard InChI is InChI=1S/C4H9Cl2Si/c1-2-3(7)4(5)6/h3-4H,1-2H2,7H3. The van der Waals surface area contributed by atoms with Crippen LogP contribution < -0.4 is 0 Å². The number of rotatable bonds is 2. The molecule has 0 N–H and O–H groups in total. The Bertz CT molecular complexity index is 47.0. The Kier molecular flexibility index (Phi) is 4.18. The molecule has 0 aromatic heterocycles. The van der Waals surface area contributed by atoms with Crippen LogP contribution in [0.1, 0.15) is 6.42 Å². The van der Waals surface area contributed by atoms with E-state index in [4.69, 9.17) is 23.2 Å². The average Bonchev–Trinajstić information content (AvgIpc) is 1.65. The monoisotopic (exact) mass is 155 g/mol. The molecule has 0 aromatic rings. The minimum atomic E-state index is -0.191. The summed E-state index contributed by atoms with van der Waals surface area (Å²) >= 11 is 11.0. The molecule has 0 aliphatic rings. The third-order valence-electron chi connectivity index (χ3n) is 0.885. The first-order valence-electron chi connectivity index (χ1n) is 2.26. The van der Waals surface area contributed by atoms with Crippen LogP contribution in [0.2, 0.25) is 5.54 Å². The number of halogens is 2. The Hall–Kier alpha value is 0.797. The van der Waals surface area contributed by atoms with Crippen molar-refractivity contribution in [3.8, 4) is 0 Å². The lowest BCUT2D eigenvalue weighted by molar-refractivity contribution is 0.916. The van der Waals surface area contributed by atoms with E-state index in [9.17, 15) is 0 Å². The lowest BCUT2D eigenvalue weighted by Gasteiger charge is -2.05. The number of hydrogen-bond acceptors (Lipinski definition) is 0. The van der Waals surface area contributed by atoms with Gasteiger partial charge in [-0.2, -0.15) is 0 Å². The number of alkyl halides is 2. The van der Waals surface area contributed by atoms with Crippen LogP contribution >= 0.6 is 23.2 Å². The summed E-state index contributed by atoms with van der Waals surface area (Å²) in [6, 6.07) is 0. The molecule has 0 nitrogen and oxygen atoms in total. The molecular weight excluding hydrogens is 147 g/mol. The Morgan fingerprint density at radius 3 is 2.00 bits per heavy atom. The maximum absolute atomic E-state index is 5.49. The first-order valence-corrected chi connectivity index (χ1v) is 4.28. The van der Waals surface area contributed by atoms with Crippen molar-refractivity contribution < 1.29 is 0 Å². The zero-order chi connectivity index (χ0) is 5.86. The fourth-order valence-electron chi connectivity index (χ4n) is 0.126. The van der Waals surface area contributed by atoms with Gasteiger partial charge in [0.1, 0.15) is 4.84 Å². The third-order valence-corrected chi connectivity index (χ3v) is 3.84. The summed E-state index contributed by atoms with van der Waals surface area (Å²) in [4.78, 5) is -0.191. The summed E-state index contributed by atoms with van der Waals surface area (Å²) in [7, 11) is 1.05. The fourth-order valence-corrected chi connectivity index (χ4v) is 0.378. The van der Waals surface area contributed by atoms with E-state index >= 15 is 0 Å². The molecule has 43 valence electrons. The van der Waals surface area contributed by atoms with Crippen molar-refractivity contribution in [1.29, 1.82) is 0 Å². The Morgan fingerprint density at radius 1 is 1.57 bits per heavy atom. The molecule has 0 fully saturated rings. The van der Waals surface area contributed by atoms with Gasteiger partial charge in [-0.1, -0.05) is 13.3 Å². The summed E-state index contributed by atoms with van der Waals surface area (Å²) in [5, 5.41) is 0. The molecule has 0 saturated heterocycles. The minimum absolute atomic E-state index is 0.191. The van der Waals surface area contributed by atoms with E-state index in [1.807, 2.05) is 0 Å². The molecule has 0 aliphatic carbocycles. The Labute approximate surface area is 57.6 Å². The molecule has 3 heteroatoms. The van der Waals surface area contributed by atoms with Gasteiger partial charge in [-0.05, 0) is 5.54 Å². The molecule has 1 radical (unpaired) electrons. The van der Waals surface area contributed by atoms with Crippen LogP contribution in [0.4, 0.5) is 0 Å². The first kappa shape index (κ1) is 7.80. The molecular formula is C4H9Cl2Si. The van der Waals surface area contributed by atoms with Gasteiger partial charge in [-0.15, -0.1) is 23.2 Å². The van der Waals surface area contributed by atoms with Gasteiger partial charge in [-0.3, -0.25) is 0 Å². The van der Waals surface area contributed by atoms with E-state index in [0.29, 0.717) is 5.54 Å². The molecule has 7 heavy (non-hydrogen) atoms. The van der Waals surface area contributed by atoms with Gasteiger partial charge in [0.25, 0.3) is 0 Å². The van der Waals surface area contributed by atoms with Crippen LogP contribution in [0.5, 0.6) is 0 Å². The van der Waals surface area contributed by atoms with E-state index in [-0.39, 0.29) is 4.84 Å². The van der Waals surface area contributed by atoms with Crippen molar-refractivity contribution in [2.45, 2.75) is 16.8 Å². The molecule has 0 bridgehead atoms. The van der Waals surface area contributed by atoms with E-state index in [1.165, 1.54) is 0 Å². The van der Waals surface area contributed by atoms with E-state index in [1.54, 1.807) is 0 Å². The van der Waals surface area contributed by atoms with Gasteiger partial charge in [0.2, 0.25) is 0 Å². The summed E-state index contributed by atoms with van der Waals surface area (Å²) in [6.07, 6.45) is 0.865. The maximum atomic E-state index is 5.49. The van der Waals surface area contributed by atoms with E-state index in [0.717, 1.165) is 16.7 Å². The Morgan fingerprint density at radius 2 is 2.00 bits per heavy atom. The van der Waals surface area contributed by atoms with Crippen LogP contribution in [0.3, 0.4) is 0 Å². The molecule has 1 unspecified atom stereocenters. The highest BCUT2D eigenvalue weighted by molar-refractivity contribution is 6.47. The topological polar surface area (TPSA) is 0 Å². The molecule has 0 spiro atoms. The lowest BCUT2D eigenvalue weighted by atomic mass is 10.4. The van der Waals surface area contributed by atoms with Crippen molar-refractivity contribution in [2.24, 2.45) is 0 Å². The zero-order valence-corrected chi connectivity index (χ0v) is 7.84. The van der Waals surface area contributed by atoms with Crippen LogP contribution in [-0.2, 0) is 0 Å². The summed E-state index contributed by atoms with van der Waals surface area (Å²) < 4.78 is 0. The molecule has 0 saturated carbocycles. The molecule has 0 rings (SSSR count). The van der Waals surface area contributed by atoms with Crippen LogP contribution in [-0.4, -0.2) is 15.1 Å². The second kappa shape index (κ2) is 3.76. The van der Waals surface area contributed by atoms with Crippen molar-refractivity contribution in [3.63, 3.8) is 0 Å². The SMILES string of the molecule is [CH2]CC([SiH3])C(Cl)Cl. The van der Waals surface area contributed by atoms with Gasteiger partial charge in [0, 0.05) is 10.2 Å². The molecule has 0 aliphatic heterocycles. The highest BCUT2D eigenvalue weighted by Gasteiger charge is 2.06. The first-order chi connectivity index (χ1) is 3.18. The highest BCUT2D eigenvalue weighted by atomic mass is 35.5. The fraction of sp³-hybridized carbons (Fsp3) is 0.750. The summed E-state index contributed by atoms with van der Waals surface area (Å²) in [5.74, 6) is 0. The smallest absolute Gasteiger partial charge is 0.105 e. The molecule has 0 aromatic carbocycles. The lowest BCUT2D eigenvalue weighted by Crippen LogP contribution is -1.98. The van der Waals surface area contributed by atoms with Crippen LogP contribution in [0, 0.1) is 6.92 Å². The van der Waals surface area contributed by atoms with E-state index < -0.39 is 0 Å². The van der Waals surface area contributed by atoms with Gasteiger partial charge in [0.15, 0.2) is 0 Å². The van der Waals surface area contributed by atoms with Gasteiger partial charge < -0.3 is 0 Å². The summed E-state index contributed by atoms with van der Waals surface area (Å²) in [6.45, 7) is 3.67. The van der Waals surface area contributed by atoms with Gasteiger partial charge >= 0.3 is 0 Å². The predicted molar refractivity (Wildman–Crippen MR) is 39.2 cm³/mol. The molecule has 1 atom stereocenters. The third kappa shape index (κ3) is 3.39. The second-order valence-electron chi connectivity index (χ2n) is 1.60. The van der Waals surface area contributed by atoms with Crippen molar-refractivity contribution >= 4 is 33.4 Å². The largest absolute Gasteiger partial charge is 0.107 e. The van der Waals surface area contributed by atoms with Crippen molar-refractivity contribution in [3.05, 3.63) is 6.92 Å². The highest BCUT2D eigenvalue weighted by Crippen LogP contribution is 2.19. The van der Waals surface area contributed by atoms with E-state index in [2.05, 4.69) is 6.92 Å². The number of hydrogen-bond donors (Lipinski definition) is 0.